The Kier molecular flexibility index (Phi) is 4.47. The summed E-state index contributed by atoms with van der Waals surface area (Å²) in [5.74, 6) is -0.351. The third-order valence-corrected chi connectivity index (χ3v) is 2.40. The standard InChI is InChI=1S/C14H15NO2/c1-4-17-14(16)6-5-13-10(2)7-12(9-15)8-11(13)3/h5-8H,4H2,1-3H3. The molecule has 0 N–H and O–H groups in total. The summed E-state index contributed by atoms with van der Waals surface area (Å²) in [6, 6.07) is 5.71. The Morgan fingerprint density at radius 1 is 1.41 bits per heavy atom. The Balaban J connectivity index is 3.00. The van der Waals surface area contributed by atoms with E-state index >= 15 is 0 Å². The van der Waals surface area contributed by atoms with Crippen LogP contribution in [0.3, 0.4) is 0 Å². The Morgan fingerprint density at radius 2 is 2.00 bits per heavy atom. The van der Waals surface area contributed by atoms with Crippen molar-refractivity contribution in [1.29, 1.82) is 5.26 Å². The van der Waals surface area contributed by atoms with Crippen molar-refractivity contribution in [2.24, 2.45) is 0 Å². The lowest BCUT2D eigenvalue weighted by Crippen LogP contribution is -1.99. The number of hydrogen-bond acceptors (Lipinski definition) is 3. The van der Waals surface area contributed by atoms with Crippen molar-refractivity contribution in [2.45, 2.75) is 20.8 Å². The van der Waals surface area contributed by atoms with Crippen LogP contribution in [0.5, 0.6) is 0 Å². The molecule has 0 aliphatic rings. The molecule has 0 aliphatic carbocycles. The van der Waals surface area contributed by atoms with Crippen LogP contribution in [0.4, 0.5) is 0 Å². The molecule has 0 atom stereocenters. The maximum absolute atomic E-state index is 11.2. The van der Waals surface area contributed by atoms with Gasteiger partial charge in [0.2, 0.25) is 0 Å². The van der Waals surface area contributed by atoms with E-state index in [1.54, 1.807) is 25.1 Å². The Bertz CT molecular complexity index is 472. The maximum Gasteiger partial charge on any atom is 0.330 e. The quantitative estimate of drug-likeness (QED) is 0.591. The molecule has 0 spiro atoms. The Labute approximate surface area is 101 Å². The fourth-order valence-corrected chi connectivity index (χ4v) is 1.64. The number of aryl methyl sites for hydroxylation is 2. The van der Waals surface area contributed by atoms with Crippen molar-refractivity contribution in [1.82, 2.24) is 0 Å². The highest BCUT2D eigenvalue weighted by atomic mass is 16.5. The number of nitrogens with zero attached hydrogens (tertiary/aromatic N) is 1. The predicted octanol–water partition coefficient (Wildman–Crippen LogP) is 2.75. The van der Waals surface area contributed by atoms with Gasteiger partial charge >= 0.3 is 5.97 Å². The molecule has 1 aromatic rings. The molecule has 0 amide bonds. The molecule has 0 saturated heterocycles. The van der Waals surface area contributed by atoms with E-state index in [4.69, 9.17) is 10.00 Å². The second-order valence-corrected chi connectivity index (χ2v) is 3.72. The number of benzene rings is 1. The minimum atomic E-state index is -0.351. The first-order valence-corrected chi connectivity index (χ1v) is 5.44. The van der Waals surface area contributed by atoms with Gasteiger partial charge in [0.15, 0.2) is 0 Å². The normalized spacial score (nSPS) is 10.2. The molecule has 0 heterocycles. The number of nitriles is 1. The first-order valence-electron chi connectivity index (χ1n) is 5.44. The molecule has 3 heteroatoms. The molecule has 88 valence electrons. The summed E-state index contributed by atoms with van der Waals surface area (Å²) in [7, 11) is 0. The van der Waals surface area contributed by atoms with E-state index in [2.05, 4.69) is 6.07 Å². The van der Waals surface area contributed by atoms with Crippen molar-refractivity contribution in [3.8, 4) is 6.07 Å². The van der Waals surface area contributed by atoms with Crippen molar-refractivity contribution in [3.05, 3.63) is 40.5 Å². The lowest BCUT2D eigenvalue weighted by molar-refractivity contribution is -0.137. The van der Waals surface area contributed by atoms with Crippen LogP contribution in [-0.4, -0.2) is 12.6 Å². The molecule has 0 aliphatic heterocycles. The van der Waals surface area contributed by atoms with E-state index in [9.17, 15) is 4.79 Å². The van der Waals surface area contributed by atoms with Gasteiger partial charge in [0.1, 0.15) is 0 Å². The van der Waals surface area contributed by atoms with Crippen LogP contribution in [0.15, 0.2) is 18.2 Å². The molecule has 0 unspecified atom stereocenters. The largest absolute Gasteiger partial charge is 0.463 e. The molecule has 0 fully saturated rings. The Hall–Kier alpha value is -2.08. The van der Waals surface area contributed by atoms with Crippen molar-refractivity contribution in [3.63, 3.8) is 0 Å². The van der Waals surface area contributed by atoms with Crippen molar-refractivity contribution in [2.75, 3.05) is 6.61 Å². The Morgan fingerprint density at radius 3 is 2.47 bits per heavy atom. The number of carbonyl (C=O) groups is 1. The second kappa shape index (κ2) is 5.86. The SMILES string of the molecule is CCOC(=O)C=Cc1c(C)cc(C#N)cc1C. The summed E-state index contributed by atoms with van der Waals surface area (Å²) in [6.07, 6.45) is 3.13. The van der Waals surface area contributed by atoms with Gasteiger partial charge in [-0.25, -0.2) is 4.79 Å². The number of hydrogen-bond donors (Lipinski definition) is 0. The molecule has 1 rings (SSSR count). The summed E-state index contributed by atoms with van der Waals surface area (Å²) in [6.45, 7) is 5.97. The molecule has 3 nitrogen and oxygen atoms in total. The van der Waals surface area contributed by atoms with E-state index in [0.29, 0.717) is 12.2 Å². The van der Waals surface area contributed by atoms with Crippen LogP contribution in [0, 0.1) is 25.2 Å². The van der Waals surface area contributed by atoms with Crippen LogP contribution in [0.25, 0.3) is 6.08 Å². The number of rotatable bonds is 3. The highest BCUT2D eigenvalue weighted by molar-refractivity contribution is 5.87. The molecule has 1 aromatic carbocycles. The van der Waals surface area contributed by atoms with Crippen LogP contribution in [-0.2, 0) is 9.53 Å². The smallest absolute Gasteiger partial charge is 0.330 e. The molecular formula is C14H15NO2. The van der Waals surface area contributed by atoms with Crippen molar-refractivity contribution < 1.29 is 9.53 Å². The summed E-state index contributed by atoms with van der Waals surface area (Å²) in [5.41, 5.74) is 3.54. The van der Waals surface area contributed by atoms with Crippen LogP contribution >= 0.6 is 0 Å². The third-order valence-electron chi connectivity index (χ3n) is 2.40. The summed E-state index contributed by atoms with van der Waals surface area (Å²) >= 11 is 0. The topological polar surface area (TPSA) is 50.1 Å². The molecular weight excluding hydrogens is 214 g/mol. The summed E-state index contributed by atoms with van der Waals surface area (Å²) in [5, 5.41) is 8.82. The van der Waals surface area contributed by atoms with Crippen molar-refractivity contribution >= 4 is 12.0 Å². The number of esters is 1. The summed E-state index contributed by atoms with van der Waals surface area (Å²) < 4.78 is 4.81. The van der Waals surface area contributed by atoms with E-state index < -0.39 is 0 Å². The molecule has 0 saturated carbocycles. The van der Waals surface area contributed by atoms with Gasteiger partial charge in [0.05, 0.1) is 18.2 Å². The van der Waals surface area contributed by atoms with Gasteiger partial charge in [-0.05, 0) is 55.7 Å². The lowest BCUT2D eigenvalue weighted by Gasteiger charge is -2.05. The third kappa shape index (κ3) is 3.46. The maximum atomic E-state index is 11.2. The first-order chi connectivity index (χ1) is 8.08. The average molecular weight is 229 g/mol. The highest BCUT2D eigenvalue weighted by Crippen LogP contribution is 2.17. The molecule has 0 bridgehead atoms. The number of carbonyl (C=O) groups excluding carboxylic acids is 1. The minimum absolute atomic E-state index is 0.351. The molecule has 0 aromatic heterocycles. The zero-order chi connectivity index (χ0) is 12.8. The fourth-order valence-electron chi connectivity index (χ4n) is 1.64. The van der Waals surface area contributed by atoms with Crippen LogP contribution in [0.2, 0.25) is 0 Å². The van der Waals surface area contributed by atoms with E-state index in [-0.39, 0.29) is 5.97 Å². The van der Waals surface area contributed by atoms with Gasteiger partial charge in [-0.15, -0.1) is 0 Å². The fraction of sp³-hybridized carbons (Fsp3) is 0.286. The van der Waals surface area contributed by atoms with Gasteiger partial charge < -0.3 is 4.74 Å². The van der Waals surface area contributed by atoms with E-state index in [1.165, 1.54) is 6.08 Å². The van der Waals surface area contributed by atoms with Gasteiger partial charge in [0, 0.05) is 6.08 Å². The average Bonchev–Trinajstić information content (AvgIpc) is 2.28. The summed E-state index contributed by atoms with van der Waals surface area (Å²) in [4.78, 5) is 11.2. The van der Waals surface area contributed by atoms with Gasteiger partial charge in [-0.2, -0.15) is 5.26 Å². The van der Waals surface area contributed by atoms with Gasteiger partial charge in [0.25, 0.3) is 0 Å². The van der Waals surface area contributed by atoms with Crippen LogP contribution < -0.4 is 0 Å². The van der Waals surface area contributed by atoms with Crippen LogP contribution in [0.1, 0.15) is 29.2 Å². The van der Waals surface area contributed by atoms with E-state index in [1.807, 2.05) is 13.8 Å². The van der Waals surface area contributed by atoms with Gasteiger partial charge in [-0.3, -0.25) is 0 Å². The first kappa shape index (κ1) is 13.0. The zero-order valence-corrected chi connectivity index (χ0v) is 10.3. The number of ether oxygens (including phenoxy) is 1. The molecule has 0 radical (unpaired) electrons. The monoisotopic (exact) mass is 229 g/mol. The van der Waals surface area contributed by atoms with Gasteiger partial charge in [-0.1, -0.05) is 0 Å². The molecule has 17 heavy (non-hydrogen) atoms. The zero-order valence-electron chi connectivity index (χ0n) is 10.3. The van der Waals surface area contributed by atoms with E-state index in [0.717, 1.165) is 16.7 Å². The predicted molar refractivity (Wildman–Crippen MR) is 66.3 cm³/mol. The highest BCUT2D eigenvalue weighted by Gasteiger charge is 2.03. The lowest BCUT2D eigenvalue weighted by atomic mass is 9.99. The minimum Gasteiger partial charge on any atom is -0.463 e. The second-order valence-electron chi connectivity index (χ2n) is 3.72.